The first-order valence-corrected chi connectivity index (χ1v) is 9.22. The van der Waals surface area contributed by atoms with Crippen molar-refractivity contribution in [3.05, 3.63) is 41.5 Å². The van der Waals surface area contributed by atoms with Crippen molar-refractivity contribution in [2.45, 2.75) is 78.1 Å². The highest BCUT2D eigenvalue weighted by atomic mass is 16.4. The molecule has 0 aromatic heterocycles. The SMILES string of the molecule is CCCC=C(C(=O)O)c1ccccc1CCCCCCCCC. The van der Waals surface area contributed by atoms with Gasteiger partial charge in [-0.1, -0.05) is 89.1 Å². The Bertz CT molecular complexity index is 488. The lowest BCUT2D eigenvalue weighted by atomic mass is 9.94. The molecule has 0 spiro atoms. The van der Waals surface area contributed by atoms with Gasteiger partial charge in [0, 0.05) is 0 Å². The minimum atomic E-state index is -0.814. The number of aliphatic carboxylic acids is 1. The Hall–Kier alpha value is -1.57. The van der Waals surface area contributed by atoms with Gasteiger partial charge in [-0.2, -0.15) is 0 Å². The Morgan fingerprint density at radius 2 is 1.61 bits per heavy atom. The second-order valence-electron chi connectivity index (χ2n) is 6.24. The Balaban J connectivity index is 2.61. The largest absolute Gasteiger partial charge is 0.478 e. The van der Waals surface area contributed by atoms with Crippen molar-refractivity contribution in [3.8, 4) is 0 Å². The van der Waals surface area contributed by atoms with Gasteiger partial charge >= 0.3 is 5.97 Å². The van der Waals surface area contributed by atoms with Crippen molar-refractivity contribution in [1.82, 2.24) is 0 Å². The third-order valence-electron chi connectivity index (χ3n) is 4.22. The van der Waals surface area contributed by atoms with Crippen LogP contribution in [0.5, 0.6) is 0 Å². The number of carboxylic acid groups (broad SMARTS) is 1. The third kappa shape index (κ3) is 7.49. The quantitative estimate of drug-likeness (QED) is 0.365. The summed E-state index contributed by atoms with van der Waals surface area (Å²) in [5.41, 5.74) is 2.54. The molecule has 2 heteroatoms. The molecule has 0 fully saturated rings. The van der Waals surface area contributed by atoms with Crippen molar-refractivity contribution < 1.29 is 9.90 Å². The monoisotopic (exact) mass is 316 g/mol. The van der Waals surface area contributed by atoms with Crippen molar-refractivity contribution in [2.75, 3.05) is 0 Å². The maximum Gasteiger partial charge on any atom is 0.335 e. The van der Waals surface area contributed by atoms with E-state index in [0.29, 0.717) is 5.57 Å². The first-order chi connectivity index (χ1) is 11.2. The number of hydrogen-bond donors (Lipinski definition) is 1. The molecule has 128 valence electrons. The fraction of sp³-hybridized carbons (Fsp3) is 0.571. The van der Waals surface area contributed by atoms with E-state index < -0.39 is 5.97 Å². The van der Waals surface area contributed by atoms with Crippen LogP contribution in [0.3, 0.4) is 0 Å². The van der Waals surface area contributed by atoms with E-state index in [0.717, 1.165) is 31.2 Å². The molecule has 1 N–H and O–H groups in total. The summed E-state index contributed by atoms with van der Waals surface area (Å²) in [6.45, 7) is 4.31. The van der Waals surface area contributed by atoms with Gasteiger partial charge in [0.05, 0.1) is 5.57 Å². The number of aryl methyl sites for hydroxylation is 1. The Labute approximate surface area is 141 Å². The summed E-state index contributed by atoms with van der Waals surface area (Å²) in [7, 11) is 0. The number of hydrogen-bond acceptors (Lipinski definition) is 1. The van der Waals surface area contributed by atoms with E-state index in [1.165, 1.54) is 44.1 Å². The maximum absolute atomic E-state index is 11.6. The average Bonchev–Trinajstić information content (AvgIpc) is 2.55. The van der Waals surface area contributed by atoms with Crippen LogP contribution in [0.25, 0.3) is 5.57 Å². The van der Waals surface area contributed by atoms with Crippen molar-refractivity contribution in [3.63, 3.8) is 0 Å². The second kappa shape index (κ2) is 11.9. The van der Waals surface area contributed by atoms with Gasteiger partial charge in [-0.05, 0) is 30.4 Å². The first kappa shape index (κ1) is 19.5. The summed E-state index contributed by atoms with van der Waals surface area (Å²) in [5.74, 6) is -0.814. The number of allylic oxidation sites excluding steroid dienone is 1. The molecule has 0 atom stereocenters. The normalized spacial score (nSPS) is 11.7. The van der Waals surface area contributed by atoms with Gasteiger partial charge in [0.25, 0.3) is 0 Å². The lowest BCUT2D eigenvalue weighted by molar-refractivity contribution is -0.130. The van der Waals surface area contributed by atoms with E-state index in [2.05, 4.69) is 19.9 Å². The molecule has 0 unspecified atom stereocenters. The minimum absolute atomic E-state index is 0.463. The van der Waals surface area contributed by atoms with Gasteiger partial charge in [-0.25, -0.2) is 4.79 Å². The highest BCUT2D eigenvalue weighted by molar-refractivity contribution is 6.15. The fourth-order valence-corrected chi connectivity index (χ4v) is 2.87. The van der Waals surface area contributed by atoms with Crippen molar-refractivity contribution >= 4 is 11.5 Å². The lowest BCUT2D eigenvalue weighted by Crippen LogP contribution is -2.03. The van der Waals surface area contributed by atoms with E-state index in [1.807, 2.05) is 24.3 Å². The summed E-state index contributed by atoms with van der Waals surface area (Å²) in [6, 6.07) is 7.98. The van der Waals surface area contributed by atoms with Crippen molar-refractivity contribution in [1.29, 1.82) is 0 Å². The standard InChI is InChI=1S/C21H32O2/c1-3-5-7-8-9-10-11-14-18-15-12-13-17-19(18)20(21(22)23)16-6-4-2/h12-13,15-17H,3-11,14H2,1-2H3,(H,22,23). The van der Waals surface area contributed by atoms with Gasteiger partial charge in [-0.15, -0.1) is 0 Å². The molecule has 0 aliphatic heterocycles. The molecule has 0 aliphatic carbocycles. The molecular weight excluding hydrogens is 284 g/mol. The Kier molecular flexibility index (Phi) is 10.1. The van der Waals surface area contributed by atoms with E-state index in [1.54, 1.807) is 0 Å². The Morgan fingerprint density at radius 1 is 0.957 bits per heavy atom. The van der Waals surface area contributed by atoms with Crippen LogP contribution in [0.1, 0.15) is 82.8 Å². The number of rotatable bonds is 12. The number of unbranched alkanes of at least 4 members (excludes halogenated alkanes) is 7. The predicted octanol–water partition coefficient (Wildman–Crippen LogP) is 6.25. The zero-order valence-electron chi connectivity index (χ0n) is 14.8. The lowest BCUT2D eigenvalue weighted by Gasteiger charge is -2.10. The van der Waals surface area contributed by atoms with E-state index in [4.69, 9.17) is 0 Å². The van der Waals surface area contributed by atoms with Crippen LogP contribution < -0.4 is 0 Å². The molecule has 23 heavy (non-hydrogen) atoms. The van der Waals surface area contributed by atoms with Gasteiger partial charge in [0.1, 0.15) is 0 Å². The summed E-state index contributed by atoms with van der Waals surface area (Å²) in [5, 5.41) is 9.50. The summed E-state index contributed by atoms with van der Waals surface area (Å²) < 4.78 is 0. The summed E-state index contributed by atoms with van der Waals surface area (Å²) in [6.07, 6.45) is 13.6. The van der Waals surface area contributed by atoms with Crippen LogP contribution in [0.4, 0.5) is 0 Å². The van der Waals surface area contributed by atoms with Gasteiger partial charge < -0.3 is 5.11 Å². The zero-order chi connectivity index (χ0) is 16.9. The maximum atomic E-state index is 11.6. The molecule has 0 saturated heterocycles. The first-order valence-electron chi connectivity index (χ1n) is 9.22. The topological polar surface area (TPSA) is 37.3 Å². The molecule has 0 saturated carbocycles. The zero-order valence-corrected chi connectivity index (χ0v) is 14.8. The van der Waals surface area contributed by atoms with Crippen LogP contribution in [0.2, 0.25) is 0 Å². The molecular formula is C21H32O2. The fourth-order valence-electron chi connectivity index (χ4n) is 2.87. The van der Waals surface area contributed by atoms with Gasteiger partial charge in [-0.3, -0.25) is 0 Å². The minimum Gasteiger partial charge on any atom is -0.478 e. The van der Waals surface area contributed by atoms with Crippen LogP contribution in [0, 0.1) is 0 Å². The highest BCUT2D eigenvalue weighted by Crippen LogP contribution is 2.23. The molecule has 0 radical (unpaired) electrons. The van der Waals surface area contributed by atoms with Crippen LogP contribution in [0.15, 0.2) is 30.3 Å². The van der Waals surface area contributed by atoms with Crippen LogP contribution >= 0.6 is 0 Å². The third-order valence-corrected chi connectivity index (χ3v) is 4.22. The van der Waals surface area contributed by atoms with Crippen molar-refractivity contribution in [2.24, 2.45) is 0 Å². The number of carbonyl (C=O) groups is 1. The Morgan fingerprint density at radius 3 is 2.26 bits per heavy atom. The molecule has 0 bridgehead atoms. The van der Waals surface area contributed by atoms with Gasteiger partial charge in [0.2, 0.25) is 0 Å². The highest BCUT2D eigenvalue weighted by Gasteiger charge is 2.13. The second-order valence-corrected chi connectivity index (χ2v) is 6.24. The molecule has 0 aliphatic rings. The van der Waals surface area contributed by atoms with E-state index >= 15 is 0 Å². The summed E-state index contributed by atoms with van der Waals surface area (Å²) >= 11 is 0. The average molecular weight is 316 g/mol. The molecule has 0 heterocycles. The molecule has 1 aromatic rings. The number of benzene rings is 1. The molecule has 0 amide bonds. The summed E-state index contributed by atoms with van der Waals surface area (Å²) in [4.78, 5) is 11.6. The number of carboxylic acids is 1. The van der Waals surface area contributed by atoms with Crippen LogP contribution in [-0.4, -0.2) is 11.1 Å². The molecule has 1 aromatic carbocycles. The van der Waals surface area contributed by atoms with E-state index in [9.17, 15) is 9.90 Å². The smallest absolute Gasteiger partial charge is 0.335 e. The molecule has 1 rings (SSSR count). The van der Waals surface area contributed by atoms with Crippen LogP contribution in [-0.2, 0) is 11.2 Å². The predicted molar refractivity (Wildman–Crippen MR) is 98.7 cm³/mol. The van der Waals surface area contributed by atoms with E-state index in [-0.39, 0.29) is 0 Å². The molecule has 2 nitrogen and oxygen atoms in total. The van der Waals surface area contributed by atoms with Gasteiger partial charge in [0.15, 0.2) is 0 Å².